The summed E-state index contributed by atoms with van der Waals surface area (Å²) in [6.07, 6.45) is 0.953. The van der Waals surface area contributed by atoms with Crippen LogP contribution in [0.2, 0.25) is 10.0 Å². The first kappa shape index (κ1) is 15.2. The van der Waals surface area contributed by atoms with E-state index in [2.05, 4.69) is 44.3 Å². The number of aryl methyl sites for hydroxylation is 2. The van der Waals surface area contributed by atoms with E-state index in [0.29, 0.717) is 10.0 Å². The fraction of sp³-hybridized carbons (Fsp3) is 0.294. The van der Waals surface area contributed by atoms with Crippen molar-refractivity contribution in [3.8, 4) is 0 Å². The fourth-order valence-corrected chi connectivity index (χ4v) is 2.89. The smallest absolute Gasteiger partial charge is 0.0526 e. The SMILES string of the molecule is CCC(Nc1ccc(C)cc1C)c1ccc(Cl)cc1Cl. The predicted molar refractivity (Wildman–Crippen MR) is 89.0 cm³/mol. The van der Waals surface area contributed by atoms with Crippen LogP contribution in [0.15, 0.2) is 36.4 Å². The Morgan fingerprint density at radius 1 is 1.05 bits per heavy atom. The monoisotopic (exact) mass is 307 g/mol. The normalized spacial score (nSPS) is 12.2. The van der Waals surface area contributed by atoms with Crippen molar-refractivity contribution in [2.24, 2.45) is 0 Å². The lowest BCUT2D eigenvalue weighted by molar-refractivity contribution is 0.748. The Bertz CT molecular complexity index is 608. The second kappa shape index (κ2) is 6.51. The molecule has 106 valence electrons. The van der Waals surface area contributed by atoms with Gasteiger partial charge in [0.2, 0.25) is 0 Å². The maximum atomic E-state index is 6.31. The van der Waals surface area contributed by atoms with Crippen molar-refractivity contribution in [3.63, 3.8) is 0 Å². The molecule has 0 bridgehead atoms. The van der Waals surface area contributed by atoms with Crippen LogP contribution in [0.5, 0.6) is 0 Å². The average molecular weight is 308 g/mol. The van der Waals surface area contributed by atoms with Gasteiger partial charge in [0.25, 0.3) is 0 Å². The van der Waals surface area contributed by atoms with Gasteiger partial charge >= 0.3 is 0 Å². The zero-order chi connectivity index (χ0) is 14.7. The second-order valence-corrected chi connectivity index (χ2v) is 5.93. The molecule has 0 aromatic heterocycles. The van der Waals surface area contributed by atoms with Crippen molar-refractivity contribution < 1.29 is 0 Å². The Labute approximate surface area is 130 Å². The van der Waals surface area contributed by atoms with Gasteiger partial charge in [-0.1, -0.05) is 53.9 Å². The van der Waals surface area contributed by atoms with E-state index in [1.54, 1.807) is 6.07 Å². The Morgan fingerprint density at radius 2 is 1.80 bits per heavy atom. The molecule has 0 spiro atoms. The topological polar surface area (TPSA) is 12.0 Å². The molecule has 1 atom stereocenters. The van der Waals surface area contributed by atoms with Crippen molar-refractivity contribution >= 4 is 28.9 Å². The van der Waals surface area contributed by atoms with Gasteiger partial charge in [0.15, 0.2) is 0 Å². The molecule has 3 heteroatoms. The lowest BCUT2D eigenvalue weighted by Crippen LogP contribution is -2.11. The summed E-state index contributed by atoms with van der Waals surface area (Å²) in [6.45, 7) is 6.36. The highest BCUT2D eigenvalue weighted by Gasteiger charge is 2.14. The lowest BCUT2D eigenvalue weighted by atomic mass is 10.0. The summed E-state index contributed by atoms with van der Waals surface area (Å²) in [5.74, 6) is 0. The summed E-state index contributed by atoms with van der Waals surface area (Å²) >= 11 is 12.3. The molecule has 2 rings (SSSR count). The third-order valence-electron chi connectivity index (χ3n) is 3.46. The van der Waals surface area contributed by atoms with Crippen molar-refractivity contribution in [2.45, 2.75) is 33.2 Å². The van der Waals surface area contributed by atoms with Crippen LogP contribution in [0.25, 0.3) is 0 Å². The van der Waals surface area contributed by atoms with Gasteiger partial charge in [0.1, 0.15) is 0 Å². The van der Waals surface area contributed by atoms with Gasteiger partial charge in [0, 0.05) is 15.7 Å². The van der Waals surface area contributed by atoms with Crippen LogP contribution in [-0.4, -0.2) is 0 Å². The van der Waals surface area contributed by atoms with Gasteiger partial charge in [0.05, 0.1) is 6.04 Å². The highest BCUT2D eigenvalue weighted by molar-refractivity contribution is 6.35. The van der Waals surface area contributed by atoms with Crippen LogP contribution >= 0.6 is 23.2 Å². The molecule has 0 fully saturated rings. The molecule has 0 aliphatic carbocycles. The van der Waals surface area contributed by atoms with Crippen LogP contribution < -0.4 is 5.32 Å². The van der Waals surface area contributed by atoms with E-state index in [4.69, 9.17) is 23.2 Å². The molecule has 1 unspecified atom stereocenters. The molecule has 0 aliphatic heterocycles. The Kier molecular flexibility index (Phi) is 4.95. The standard InChI is InChI=1S/C17H19Cl2N/c1-4-16(14-7-6-13(18)10-15(14)19)20-17-8-5-11(2)9-12(17)3/h5-10,16,20H,4H2,1-3H3. The van der Waals surface area contributed by atoms with E-state index in [0.717, 1.165) is 17.7 Å². The molecule has 20 heavy (non-hydrogen) atoms. The lowest BCUT2D eigenvalue weighted by Gasteiger charge is -2.21. The molecule has 0 saturated carbocycles. The average Bonchev–Trinajstić information content (AvgIpc) is 2.39. The summed E-state index contributed by atoms with van der Waals surface area (Å²) in [6, 6.07) is 12.3. The van der Waals surface area contributed by atoms with Crippen molar-refractivity contribution in [1.29, 1.82) is 0 Å². The van der Waals surface area contributed by atoms with Gasteiger partial charge in [-0.2, -0.15) is 0 Å². The molecular weight excluding hydrogens is 289 g/mol. The van der Waals surface area contributed by atoms with Crippen molar-refractivity contribution in [2.75, 3.05) is 5.32 Å². The molecule has 0 saturated heterocycles. The Balaban J connectivity index is 2.28. The molecule has 0 aliphatic rings. The van der Waals surface area contributed by atoms with Crippen LogP contribution in [0, 0.1) is 13.8 Å². The van der Waals surface area contributed by atoms with E-state index in [1.807, 2.05) is 12.1 Å². The number of halogens is 2. The zero-order valence-corrected chi connectivity index (χ0v) is 13.5. The minimum atomic E-state index is 0.182. The fourth-order valence-electron chi connectivity index (χ4n) is 2.35. The Morgan fingerprint density at radius 3 is 2.40 bits per heavy atom. The summed E-state index contributed by atoms with van der Waals surface area (Å²) in [7, 11) is 0. The Hall–Kier alpha value is -1.18. The van der Waals surface area contributed by atoms with E-state index >= 15 is 0 Å². The molecule has 1 nitrogen and oxygen atoms in total. The van der Waals surface area contributed by atoms with Gasteiger partial charge in [-0.3, -0.25) is 0 Å². The highest BCUT2D eigenvalue weighted by atomic mass is 35.5. The van der Waals surface area contributed by atoms with E-state index < -0.39 is 0 Å². The van der Waals surface area contributed by atoms with Crippen molar-refractivity contribution in [3.05, 3.63) is 63.1 Å². The minimum absolute atomic E-state index is 0.182. The number of anilines is 1. The third-order valence-corrected chi connectivity index (χ3v) is 4.02. The summed E-state index contributed by atoms with van der Waals surface area (Å²) in [5, 5.41) is 4.95. The molecule has 2 aromatic carbocycles. The highest BCUT2D eigenvalue weighted by Crippen LogP contribution is 2.31. The molecular formula is C17H19Cl2N. The number of nitrogens with one attached hydrogen (secondary N) is 1. The summed E-state index contributed by atoms with van der Waals surface area (Å²) in [4.78, 5) is 0. The number of benzene rings is 2. The first-order valence-corrected chi connectivity index (χ1v) is 7.55. The van der Waals surface area contributed by atoms with Gasteiger partial charge in [-0.05, 0) is 49.6 Å². The molecule has 2 aromatic rings. The second-order valence-electron chi connectivity index (χ2n) is 5.09. The summed E-state index contributed by atoms with van der Waals surface area (Å²) < 4.78 is 0. The summed E-state index contributed by atoms with van der Waals surface area (Å²) in [5.41, 5.74) is 4.74. The minimum Gasteiger partial charge on any atom is -0.378 e. The van der Waals surface area contributed by atoms with Crippen LogP contribution in [0.1, 0.15) is 36.1 Å². The molecule has 1 N–H and O–H groups in total. The van der Waals surface area contributed by atoms with Gasteiger partial charge in [-0.15, -0.1) is 0 Å². The van der Waals surface area contributed by atoms with Crippen molar-refractivity contribution in [1.82, 2.24) is 0 Å². The van der Waals surface area contributed by atoms with Gasteiger partial charge in [-0.25, -0.2) is 0 Å². The van der Waals surface area contributed by atoms with Crippen LogP contribution in [-0.2, 0) is 0 Å². The molecule has 0 heterocycles. The number of hydrogen-bond donors (Lipinski definition) is 1. The van der Waals surface area contributed by atoms with Crippen LogP contribution in [0.4, 0.5) is 5.69 Å². The van der Waals surface area contributed by atoms with Gasteiger partial charge < -0.3 is 5.32 Å². The largest absolute Gasteiger partial charge is 0.378 e. The first-order valence-electron chi connectivity index (χ1n) is 6.80. The first-order chi connectivity index (χ1) is 9.51. The maximum absolute atomic E-state index is 6.31. The molecule has 0 amide bonds. The zero-order valence-electron chi connectivity index (χ0n) is 12.0. The molecule has 0 radical (unpaired) electrons. The van der Waals surface area contributed by atoms with E-state index in [9.17, 15) is 0 Å². The number of hydrogen-bond acceptors (Lipinski definition) is 1. The van der Waals surface area contributed by atoms with E-state index in [-0.39, 0.29) is 6.04 Å². The van der Waals surface area contributed by atoms with E-state index in [1.165, 1.54) is 11.1 Å². The number of rotatable bonds is 4. The predicted octanol–water partition coefficient (Wildman–Crippen LogP) is 6.17. The third kappa shape index (κ3) is 3.47. The maximum Gasteiger partial charge on any atom is 0.0526 e. The van der Waals surface area contributed by atoms with Crippen LogP contribution in [0.3, 0.4) is 0 Å². The quantitative estimate of drug-likeness (QED) is 0.711.